The molecule has 0 amide bonds. The van der Waals surface area contributed by atoms with Crippen LogP contribution in [0.15, 0.2) is 12.2 Å². The van der Waals surface area contributed by atoms with Gasteiger partial charge < -0.3 is 5.11 Å². The number of halogens is 3. The molecule has 0 fully saturated rings. The van der Waals surface area contributed by atoms with Crippen molar-refractivity contribution < 1.29 is 23.1 Å². The van der Waals surface area contributed by atoms with Gasteiger partial charge in [-0.3, -0.25) is 0 Å². The zero-order valence-electron chi connectivity index (χ0n) is 6.27. The standard InChI is InChI=1S/C7H9F3O2/c1-4(7(11)12)2-5(9)6(10)3-8/h5-6H,1-3H2,(H,11,12). The molecule has 2 unspecified atom stereocenters. The first kappa shape index (κ1) is 11.0. The molecule has 5 heteroatoms. The molecule has 0 spiro atoms. The molecule has 1 N–H and O–H groups in total. The van der Waals surface area contributed by atoms with Gasteiger partial charge in [0.1, 0.15) is 12.8 Å². The molecule has 0 bridgehead atoms. The van der Waals surface area contributed by atoms with E-state index < -0.39 is 37.0 Å². The molecule has 0 saturated carbocycles. The Balaban J connectivity index is 3.92. The van der Waals surface area contributed by atoms with E-state index in [4.69, 9.17) is 5.11 Å². The largest absolute Gasteiger partial charge is 0.478 e. The highest BCUT2D eigenvalue weighted by atomic mass is 19.2. The molecule has 0 saturated heterocycles. The first-order chi connectivity index (χ1) is 5.49. The van der Waals surface area contributed by atoms with Gasteiger partial charge in [-0.2, -0.15) is 0 Å². The quantitative estimate of drug-likeness (QED) is 0.656. The zero-order chi connectivity index (χ0) is 9.72. The lowest BCUT2D eigenvalue weighted by Crippen LogP contribution is -2.21. The van der Waals surface area contributed by atoms with Gasteiger partial charge >= 0.3 is 5.97 Å². The van der Waals surface area contributed by atoms with Crippen molar-refractivity contribution in [3.05, 3.63) is 12.2 Å². The Morgan fingerprint density at radius 1 is 1.42 bits per heavy atom. The van der Waals surface area contributed by atoms with Gasteiger partial charge in [0.2, 0.25) is 0 Å². The number of carboxylic acid groups (broad SMARTS) is 1. The number of alkyl halides is 3. The minimum absolute atomic E-state index is 0.460. The maximum absolute atomic E-state index is 12.5. The summed E-state index contributed by atoms with van der Waals surface area (Å²) in [6, 6.07) is 0. The van der Waals surface area contributed by atoms with E-state index >= 15 is 0 Å². The average Bonchev–Trinajstić information content (AvgIpc) is 2.02. The lowest BCUT2D eigenvalue weighted by molar-refractivity contribution is -0.133. The number of hydrogen-bond donors (Lipinski definition) is 1. The highest BCUT2D eigenvalue weighted by Gasteiger charge is 2.22. The minimum atomic E-state index is -2.26. The van der Waals surface area contributed by atoms with Crippen molar-refractivity contribution in [3.8, 4) is 0 Å². The van der Waals surface area contributed by atoms with E-state index in [0.717, 1.165) is 0 Å². The molecule has 0 aliphatic carbocycles. The Kier molecular flexibility index (Phi) is 4.39. The third kappa shape index (κ3) is 3.41. The van der Waals surface area contributed by atoms with E-state index in [9.17, 15) is 18.0 Å². The van der Waals surface area contributed by atoms with Crippen LogP contribution < -0.4 is 0 Å². The molecule has 0 rings (SSSR count). The van der Waals surface area contributed by atoms with Crippen LogP contribution in [0.4, 0.5) is 13.2 Å². The number of hydrogen-bond acceptors (Lipinski definition) is 1. The molecule has 70 valence electrons. The molecule has 2 nitrogen and oxygen atoms in total. The molecule has 0 aromatic rings. The van der Waals surface area contributed by atoms with E-state index in [0.29, 0.717) is 0 Å². The molecule has 0 heterocycles. The first-order valence-electron chi connectivity index (χ1n) is 3.24. The van der Waals surface area contributed by atoms with Crippen molar-refractivity contribution in [2.45, 2.75) is 18.8 Å². The maximum atomic E-state index is 12.5. The summed E-state index contributed by atoms with van der Waals surface area (Å²) in [5, 5.41) is 8.20. The Hall–Kier alpha value is -1.00. The van der Waals surface area contributed by atoms with Gasteiger partial charge in [-0.25, -0.2) is 18.0 Å². The summed E-state index contributed by atoms with van der Waals surface area (Å²) < 4.78 is 36.1. The highest BCUT2D eigenvalue weighted by Crippen LogP contribution is 2.13. The van der Waals surface area contributed by atoms with Crippen LogP contribution in [-0.2, 0) is 4.79 Å². The topological polar surface area (TPSA) is 37.3 Å². The van der Waals surface area contributed by atoms with Gasteiger partial charge in [0.05, 0.1) is 0 Å². The van der Waals surface area contributed by atoms with Gasteiger partial charge in [0, 0.05) is 12.0 Å². The normalized spacial score (nSPS) is 15.2. The average molecular weight is 182 g/mol. The van der Waals surface area contributed by atoms with E-state index in [1.165, 1.54) is 0 Å². The fourth-order valence-corrected chi connectivity index (χ4v) is 0.547. The van der Waals surface area contributed by atoms with E-state index in [1.54, 1.807) is 0 Å². The molecular formula is C7H9F3O2. The zero-order valence-corrected chi connectivity index (χ0v) is 6.27. The lowest BCUT2D eigenvalue weighted by atomic mass is 10.1. The molecule has 0 aliphatic heterocycles. The number of carboxylic acids is 1. The molecule has 0 aromatic carbocycles. The van der Waals surface area contributed by atoms with Crippen LogP contribution in [0.25, 0.3) is 0 Å². The van der Waals surface area contributed by atoms with Gasteiger partial charge in [0.25, 0.3) is 0 Å². The van der Waals surface area contributed by atoms with Gasteiger partial charge in [-0.1, -0.05) is 6.58 Å². The second-order valence-electron chi connectivity index (χ2n) is 2.30. The van der Waals surface area contributed by atoms with Crippen LogP contribution in [0.5, 0.6) is 0 Å². The van der Waals surface area contributed by atoms with E-state index in [2.05, 4.69) is 6.58 Å². The Bertz CT molecular complexity index is 181. The second kappa shape index (κ2) is 4.79. The molecule has 0 aliphatic rings. The van der Waals surface area contributed by atoms with Crippen molar-refractivity contribution in [2.24, 2.45) is 0 Å². The summed E-state index contributed by atoms with van der Waals surface area (Å²) >= 11 is 0. The Labute approximate surface area is 67.7 Å². The van der Waals surface area contributed by atoms with Gasteiger partial charge in [-0.05, 0) is 0 Å². The predicted octanol–water partition coefficient (Wildman–Crippen LogP) is 1.66. The predicted molar refractivity (Wildman–Crippen MR) is 37.2 cm³/mol. The Morgan fingerprint density at radius 2 is 1.92 bits per heavy atom. The summed E-state index contributed by atoms with van der Waals surface area (Å²) in [7, 11) is 0. The van der Waals surface area contributed by atoms with Crippen molar-refractivity contribution in [2.75, 3.05) is 6.67 Å². The van der Waals surface area contributed by atoms with Crippen LogP contribution in [0, 0.1) is 0 Å². The first-order valence-corrected chi connectivity index (χ1v) is 3.24. The molecule has 0 aromatic heterocycles. The van der Waals surface area contributed by atoms with E-state index in [-0.39, 0.29) is 0 Å². The summed E-state index contributed by atoms with van der Waals surface area (Å²) in [5.74, 6) is -1.40. The van der Waals surface area contributed by atoms with Gasteiger partial charge in [0.15, 0.2) is 6.17 Å². The fourth-order valence-electron chi connectivity index (χ4n) is 0.547. The third-order valence-electron chi connectivity index (χ3n) is 1.28. The summed E-state index contributed by atoms with van der Waals surface area (Å²) in [4.78, 5) is 10.1. The van der Waals surface area contributed by atoms with Crippen molar-refractivity contribution in [1.29, 1.82) is 0 Å². The molecule has 0 radical (unpaired) electrons. The van der Waals surface area contributed by atoms with Crippen molar-refractivity contribution in [1.82, 2.24) is 0 Å². The minimum Gasteiger partial charge on any atom is -0.478 e. The van der Waals surface area contributed by atoms with E-state index in [1.807, 2.05) is 0 Å². The van der Waals surface area contributed by atoms with Crippen LogP contribution in [-0.4, -0.2) is 30.1 Å². The molecule has 12 heavy (non-hydrogen) atoms. The molecule has 2 atom stereocenters. The second-order valence-corrected chi connectivity index (χ2v) is 2.30. The third-order valence-corrected chi connectivity index (χ3v) is 1.28. The maximum Gasteiger partial charge on any atom is 0.331 e. The summed E-state index contributed by atoms with van der Waals surface area (Å²) in [6.45, 7) is 1.53. The SMILES string of the molecule is C=C(CC(F)C(F)CF)C(=O)O. The van der Waals surface area contributed by atoms with Crippen LogP contribution in [0.1, 0.15) is 6.42 Å². The summed E-state index contributed by atoms with van der Waals surface area (Å²) in [5.41, 5.74) is -0.460. The van der Waals surface area contributed by atoms with Crippen molar-refractivity contribution in [3.63, 3.8) is 0 Å². The number of aliphatic carboxylic acids is 1. The van der Waals surface area contributed by atoms with Crippen LogP contribution >= 0.6 is 0 Å². The molecular weight excluding hydrogens is 173 g/mol. The van der Waals surface area contributed by atoms with Gasteiger partial charge in [-0.15, -0.1) is 0 Å². The fraction of sp³-hybridized carbons (Fsp3) is 0.571. The summed E-state index contributed by atoms with van der Waals surface area (Å²) in [6.07, 6.45) is -5.07. The Morgan fingerprint density at radius 3 is 2.25 bits per heavy atom. The highest BCUT2D eigenvalue weighted by molar-refractivity contribution is 5.85. The van der Waals surface area contributed by atoms with Crippen LogP contribution in [0.2, 0.25) is 0 Å². The van der Waals surface area contributed by atoms with Crippen molar-refractivity contribution >= 4 is 5.97 Å². The number of rotatable bonds is 5. The smallest absolute Gasteiger partial charge is 0.331 e. The lowest BCUT2D eigenvalue weighted by Gasteiger charge is -2.09. The monoisotopic (exact) mass is 182 g/mol. The number of carbonyl (C=O) groups is 1. The van der Waals surface area contributed by atoms with Crippen LogP contribution in [0.3, 0.4) is 0 Å².